The van der Waals surface area contributed by atoms with Crippen molar-refractivity contribution in [2.75, 3.05) is 4.72 Å². The molecule has 6 nitrogen and oxygen atoms in total. The minimum absolute atomic E-state index is 0.00324. The van der Waals surface area contributed by atoms with Gasteiger partial charge in [-0.05, 0) is 25.0 Å². The Morgan fingerprint density at radius 2 is 2.19 bits per heavy atom. The van der Waals surface area contributed by atoms with Crippen molar-refractivity contribution in [3.05, 3.63) is 23.9 Å². The van der Waals surface area contributed by atoms with Gasteiger partial charge in [-0.15, -0.1) is 0 Å². The number of hydrogen-bond acceptors (Lipinski definition) is 4. The van der Waals surface area contributed by atoms with Gasteiger partial charge in [0.2, 0.25) is 10.0 Å². The molecule has 1 heterocycles. The second-order valence-corrected chi connectivity index (χ2v) is 5.54. The molecule has 0 radical (unpaired) electrons. The fourth-order valence-corrected chi connectivity index (χ4v) is 2.55. The van der Waals surface area contributed by atoms with Gasteiger partial charge >= 0.3 is 5.97 Å². The summed E-state index contributed by atoms with van der Waals surface area (Å²) in [5.74, 6) is -1.07. The Labute approximate surface area is 92.4 Å². The van der Waals surface area contributed by atoms with Crippen LogP contribution in [0.4, 0.5) is 5.82 Å². The molecule has 1 aromatic heterocycles. The van der Waals surface area contributed by atoms with Crippen LogP contribution in [0.5, 0.6) is 0 Å². The van der Waals surface area contributed by atoms with Crippen LogP contribution in [0.25, 0.3) is 0 Å². The first-order valence-corrected chi connectivity index (χ1v) is 6.24. The second kappa shape index (κ2) is 3.75. The van der Waals surface area contributed by atoms with Crippen LogP contribution < -0.4 is 4.72 Å². The Morgan fingerprint density at radius 3 is 2.75 bits per heavy atom. The summed E-state index contributed by atoms with van der Waals surface area (Å²) in [6, 6.07) is 2.50. The highest BCUT2D eigenvalue weighted by Gasteiger charge is 2.35. The summed E-state index contributed by atoms with van der Waals surface area (Å²) < 4.78 is 25.4. The highest BCUT2D eigenvalue weighted by atomic mass is 32.2. The number of pyridine rings is 1. The topological polar surface area (TPSA) is 96.4 Å². The van der Waals surface area contributed by atoms with Gasteiger partial charge in [-0.25, -0.2) is 18.2 Å². The van der Waals surface area contributed by atoms with E-state index in [1.807, 2.05) is 0 Å². The van der Waals surface area contributed by atoms with Gasteiger partial charge in [0.05, 0.1) is 10.8 Å². The maximum atomic E-state index is 11.5. The van der Waals surface area contributed by atoms with Crippen LogP contribution >= 0.6 is 0 Å². The summed E-state index contributed by atoms with van der Waals surface area (Å²) in [4.78, 5) is 14.4. The first kappa shape index (κ1) is 10.9. The van der Waals surface area contributed by atoms with E-state index in [1.165, 1.54) is 18.3 Å². The van der Waals surface area contributed by atoms with Crippen LogP contribution in [-0.2, 0) is 10.0 Å². The lowest BCUT2D eigenvalue weighted by Gasteiger charge is -2.05. The van der Waals surface area contributed by atoms with E-state index in [-0.39, 0.29) is 16.6 Å². The van der Waals surface area contributed by atoms with Crippen LogP contribution in [0.2, 0.25) is 0 Å². The molecule has 0 bridgehead atoms. The summed E-state index contributed by atoms with van der Waals surface area (Å²) in [5.41, 5.74) is 0.00324. The Hall–Kier alpha value is -1.63. The van der Waals surface area contributed by atoms with E-state index in [2.05, 4.69) is 9.71 Å². The predicted molar refractivity (Wildman–Crippen MR) is 56.8 cm³/mol. The average molecular weight is 242 g/mol. The molecule has 0 aliphatic heterocycles. The molecule has 7 heteroatoms. The van der Waals surface area contributed by atoms with Crippen molar-refractivity contribution in [3.63, 3.8) is 0 Å². The standard InChI is InChI=1S/C9H10N2O4S/c12-9(13)6-3-4-10-8(5-6)11-16(14,15)7-1-2-7/h3-5,7H,1-2H2,(H,10,11)(H,12,13). The molecule has 1 fully saturated rings. The van der Waals surface area contributed by atoms with E-state index < -0.39 is 16.0 Å². The Morgan fingerprint density at radius 1 is 1.50 bits per heavy atom. The third kappa shape index (κ3) is 2.30. The molecule has 2 N–H and O–H groups in total. The predicted octanol–water partition coefficient (Wildman–Crippen LogP) is 0.684. The summed E-state index contributed by atoms with van der Waals surface area (Å²) in [6.45, 7) is 0. The quantitative estimate of drug-likeness (QED) is 0.809. The number of nitrogens with zero attached hydrogens (tertiary/aromatic N) is 1. The number of aromatic carboxylic acids is 1. The molecule has 1 aromatic rings. The number of anilines is 1. The molecule has 0 spiro atoms. The molecule has 1 aliphatic rings. The molecule has 86 valence electrons. The van der Waals surface area contributed by atoms with Crippen molar-refractivity contribution >= 4 is 21.8 Å². The third-order valence-corrected chi connectivity index (χ3v) is 4.06. The van der Waals surface area contributed by atoms with Crippen molar-refractivity contribution in [2.24, 2.45) is 0 Å². The molecular formula is C9H10N2O4S. The summed E-state index contributed by atoms with van der Waals surface area (Å²) in [6.07, 6.45) is 2.55. The number of rotatable bonds is 4. The largest absolute Gasteiger partial charge is 0.478 e. The summed E-state index contributed by atoms with van der Waals surface area (Å²) in [5, 5.41) is 8.37. The fourth-order valence-electron chi connectivity index (χ4n) is 1.23. The zero-order chi connectivity index (χ0) is 11.8. The number of aromatic nitrogens is 1. The average Bonchev–Trinajstić information content (AvgIpc) is 3.00. The lowest BCUT2D eigenvalue weighted by molar-refractivity contribution is 0.0697. The molecule has 1 aliphatic carbocycles. The molecule has 2 rings (SSSR count). The molecular weight excluding hydrogens is 232 g/mol. The van der Waals surface area contributed by atoms with Crippen LogP contribution in [-0.4, -0.2) is 29.7 Å². The number of carboxylic acid groups (broad SMARTS) is 1. The number of hydrogen-bond donors (Lipinski definition) is 2. The van der Waals surface area contributed by atoms with E-state index in [1.54, 1.807) is 0 Å². The highest BCUT2D eigenvalue weighted by Crippen LogP contribution is 2.29. The molecule has 0 aromatic carbocycles. The molecule has 0 amide bonds. The normalized spacial score (nSPS) is 15.8. The second-order valence-electron chi connectivity index (χ2n) is 3.58. The number of sulfonamides is 1. The lowest BCUT2D eigenvalue weighted by atomic mass is 10.3. The SMILES string of the molecule is O=C(O)c1ccnc(NS(=O)(=O)C2CC2)c1. The van der Waals surface area contributed by atoms with E-state index in [9.17, 15) is 13.2 Å². The Kier molecular flexibility index (Phi) is 2.55. The van der Waals surface area contributed by atoms with Gasteiger partial charge in [0.1, 0.15) is 5.82 Å². The van der Waals surface area contributed by atoms with E-state index in [0.717, 1.165) is 0 Å². The molecule has 1 saturated carbocycles. The molecule has 16 heavy (non-hydrogen) atoms. The van der Waals surface area contributed by atoms with Gasteiger partial charge in [0.15, 0.2) is 0 Å². The van der Waals surface area contributed by atoms with Gasteiger partial charge in [-0.1, -0.05) is 0 Å². The van der Waals surface area contributed by atoms with Gasteiger partial charge in [-0.3, -0.25) is 4.72 Å². The van der Waals surface area contributed by atoms with E-state index >= 15 is 0 Å². The van der Waals surface area contributed by atoms with Crippen LogP contribution in [0.1, 0.15) is 23.2 Å². The zero-order valence-corrected chi connectivity index (χ0v) is 9.07. The van der Waals surface area contributed by atoms with Crippen LogP contribution in [0.15, 0.2) is 18.3 Å². The van der Waals surface area contributed by atoms with Crippen molar-refractivity contribution in [3.8, 4) is 0 Å². The Bertz CT molecular complexity index is 522. The monoisotopic (exact) mass is 242 g/mol. The van der Waals surface area contributed by atoms with Gasteiger partial charge in [-0.2, -0.15) is 0 Å². The van der Waals surface area contributed by atoms with E-state index in [0.29, 0.717) is 12.8 Å². The van der Waals surface area contributed by atoms with Gasteiger partial charge < -0.3 is 5.11 Å². The van der Waals surface area contributed by atoms with Crippen LogP contribution in [0.3, 0.4) is 0 Å². The van der Waals surface area contributed by atoms with Crippen LogP contribution in [0, 0.1) is 0 Å². The fraction of sp³-hybridized carbons (Fsp3) is 0.333. The van der Waals surface area contributed by atoms with Gasteiger partial charge in [0.25, 0.3) is 0 Å². The maximum absolute atomic E-state index is 11.5. The number of nitrogens with one attached hydrogen (secondary N) is 1. The van der Waals surface area contributed by atoms with Crippen molar-refractivity contribution in [1.82, 2.24) is 4.98 Å². The molecule has 0 unspecified atom stereocenters. The third-order valence-electron chi connectivity index (χ3n) is 2.22. The minimum Gasteiger partial charge on any atom is -0.478 e. The van der Waals surface area contributed by atoms with Crippen molar-refractivity contribution in [2.45, 2.75) is 18.1 Å². The van der Waals surface area contributed by atoms with Crippen molar-refractivity contribution < 1.29 is 18.3 Å². The minimum atomic E-state index is -3.39. The summed E-state index contributed by atoms with van der Waals surface area (Å²) >= 11 is 0. The molecule has 0 saturated heterocycles. The smallest absolute Gasteiger partial charge is 0.335 e. The van der Waals surface area contributed by atoms with Crippen molar-refractivity contribution in [1.29, 1.82) is 0 Å². The van der Waals surface area contributed by atoms with Gasteiger partial charge in [0, 0.05) is 6.20 Å². The number of carbonyl (C=O) groups is 1. The lowest BCUT2D eigenvalue weighted by Crippen LogP contribution is -2.18. The van der Waals surface area contributed by atoms with E-state index in [4.69, 9.17) is 5.11 Å². The first-order chi connectivity index (χ1) is 7.49. The maximum Gasteiger partial charge on any atom is 0.335 e. The zero-order valence-electron chi connectivity index (χ0n) is 8.25. The highest BCUT2D eigenvalue weighted by molar-refractivity contribution is 7.93. The first-order valence-electron chi connectivity index (χ1n) is 4.70. The summed E-state index contributed by atoms with van der Waals surface area (Å²) in [7, 11) is -3.39. The molecule has 0 atom stereocenters. The Balaban J connectivity index is 2.21. The number of carboxylic acids is 1.